The fourth-order valence-corrected chi connectivity index (χ4v) is 6.93. The summed E-state index contributed by atoms with van der Waals surface area (Å²) in [6.07, 6.45) is 4.51. The summed E-state index contributed by atoms with van der Waals surface area (Å²) in [6, 6.07) is 15.1. The smallest absolute Gasteiger partial charge is 0.475 e. The van der Waals surface area contributed by atoms with Crippen molar-refractivity contribution in [3.8, 4) is 12.1 Å². The topological polar surface area (TPSA) is 123 Å². The van der Waals surface area contributed by atoms with Crippen molar-refractivity contribution in [1.82, 2.24) is 19.8 Å². The summed E-state index contributed by atoms with van der Waals surface area (Å²) in [5, 5.41) is 19.6. The number of allylic oxidation sites excluding steroid dienone is 2. The molecule has 2 atom stereocenters. The first-order chi connectivity index (χ1) is 23.9. The Morgan fingerprint density at radius 1 is 1.12 bits per heavy atom. The fourth-order valence-electron chi connectivity index (χ4n) is 6.64. The number of likely N-dealkylation sites (tertiary alicyclic amines) is 1. The summed E-state index contributed by atoms with van der Waals surface area (Å²) in [7, 11) is 2.13. The van der Waals surface area contributed by atoms with Crippen LogP contribution in [0.5, 0.6) is 6.01 Å². The van der Waals surface area contributed by atoms with Crippen LogP contribution in [0.15, 0.2) is 48.6 Å². The number of hydrogen-bond acceptors (Lipinski definition) is 8. The minimum absolute atomic E-state index is 0.0573. The summed E-state index contributed by atoms with van der Waals surface area (Å²) < 4.78 is 38.0. The zero-order valence-corrected chi connectivity index (χ0v) is 28.5. The lowest BCUT2D eigenvalue weighted by molar-refractivity contribution is -0.192. The minimum Gasteiger partial charge on any atom is -0.475 e. The number of fused-ring (bicyclic) bond motifs is 2. The maximum Gasteiger partial charge on any atom is 0.490 e. The molecule has 1 aromatic heterocycles. The van der Waals surface area contributed by atoms with Gasteiger partial charge in [-0.3, -0.25) is 4.79 Å². The number of alkyl halides is 3. The number of nitrogens with zero attached hydrogens (tertiary/aromatic N) is 6. The standard InChI is InChI=1S/C34H37ClN6O2.C2HF3O2/c1-3-7-31(42)41-19-18-40(21-25(41)15-16-36)33-28-14-13-24(27-11-4-8-23-9-5-12-29(35)32(23)27)20-30(28)37-34(38-33)43-22-26-10-6-17-39(26)2;3-2(4,5)1(6)7/h3-5,7-9,11-12,20,25-26H,6,10,13-15,17-19,21-22H2,1-2H3;(H,6,7)/b7-3+;/t25-,26-;/m0./s1. The Morgan fingerprint density at radius 3 is 2.52 bits per heavy atom. The minimum atomic E-state index is -5.08. The van der Waals surface area contributed by atoms with Crippen LogP contribution in [0.25, 0.3) is 22.4 Å². The predicted molar refractivity (Wildman–Crippen MR) is 185 cm³/mol. The third-order valence-corrected chi connectivity index (χ3v) is 9.49. The van der Waals surface area contributed by atoms with Crippen molar-refractivity contribution in [2.45, 2.75) is 57.3 Å². The van der Waals surface area contributed by atoms with E-state index >= 15 is 0 Å². The van der Waals surface area contributed by atoms with E-state index in [0.717, 1.165) is 70.7 Å². The lowest BCUT2D eigenvalue weighted by Crippen LogP contribution is -2.55. The van der Waals surface area contributed by atoms with Crippen LogP contribution in [0.3, 0.4) is 0 Å². The van der Waals surface area contributed by atoms with Gasteiger partial charge >= 0.3 is 18.2 Å². The Hall–Kier alpha value is -4.67. The highest BCUT2D eigenvalue weighted by molar-refractivity contribution is 6.36. The molecule has 3 heterocycles. The molecular formula is C36H38ClF3N6O4. The molecule has 14 heteroatoms. The monoisotopic (exact) mass is 710 g/mol. The first kappa shape index (κ1) is 36.6. The molecule has 2 saturated heterocycles. The number of aliphatic carboxylic acids is 1. The first-order valence-electron chi connectivity index (χ1n) is 16.4. The number of carboxylic acid groups (broad SMARTS) is 1. The molecule has 0 radical (unpaired) electrons. The number of piperazine rings is 1. The van der Waals surface area contributed by atoms with E-state index in [1.54, 1.807) is 12.2 Å². The second-order valence-corrected chi connectivity index (χ2v) is 12.8. The largest absolute Gasteiger partial charge is 0.490 e. The molecule has 0 bridgehead atoms. The average Bonchev–Trinajstić information content (AvgIpc) is 3.51. The van der Waals surface area contributed by atoms with Crippen LogP contribution in [0, 0.1) is 11.3 Å². The Labute approximate surface area is 293 Å². The zero-order chi connectivity index (χ0) is 36.0. The number of anilines is 1. The average molecular weight is 711 g/mol. The van der Waals surface area contributed by atoms with Gasteiger partial charge in [-0.25, -0.2) is 4.79 Å². The van der Waals surface area contributed by atoms with Crippen LogP contribution in [0.4, 0.5) is 19.0 Å². The molecule has 1 amide bonds. The van der Waals surface area contributed by atoms with E-state index in [1.807, 2.05) is 24.0 Å². The van der Waals surface area contributed by atoms with Crippen molar-refractivity contribution in [1.29, 1.82) is 5.26 Å². The summed E-state index contributed by atoms with van der Waals surface area (Å²) in [6.45, 7) is 5.11. The summed E-state index contributed by atoms with van der Waals surface area (Å²) in [5.74, 6) is -1.97. The zero-order valence-electron chi connectivity index (χ0n) is 27.8. The van der Waals surface area contributed by atoms with Gasteiger partial charge in [-0.05, 0) is 80.9 Å². The molecule has 2 aromatic carbocycles. The number of carboxylic acids is 1. The lowest BCUT2D eigenvalue weighted by Gasteiger charge is -2.41. The number of ether oxygens (including phenoxy) is 1. The molecule has 0 spiro atoms. The van der Waals surface area contributed by atoms with E-state index in [9.17, 15) is 23.2 Å². The van der Waals surface area contributed by atoms with E-state index in [1.165, 1.54) is 5.57 Å². The molecule has 264 valence electrons. The molecular weight excluding hydrogens is 673 g/mol. The van der Waals surface area contributed by atoms with Gasteiger partial charge in [0.25, 0.3) is 0 Å². The van der Waals surface area contributed by atoms with E-state index in [2.05, 4.69) is 53.3 Å². The highest BCUT2D eigenvalue weighted by Gasteiger charge is 2.38. The molecule has 3 aliphatic rings. The number of likely N-dealkylation sites (N-methyl/N-ethyl adjacent to an activating group) is 1. The molecule has 3 aromatic rings. The number of carbonyl (C=O) groups is 2. The number of aromatic nitrogens is 2. The van der Waals surface area contributed by atoms with Crippen LogP contribution in [0.2, 0.25) is 5.02 Å². The number of rotatable bonds is 7. The van der Waals surface area contributed by atoms with Gasteiger partial charge in [-0.15, -0.1) is 0 Å². The number of hydrogen-bond donors (Lipinski definition) is 1. The first-order valence-corrected chi connectivity index (χ1v) is 16.8. The number of halogens is 4. The van der Waals surface area contributed by atoms with Crippen molar-refractivity contribution in [3.05, 3.63) is 70.4 Å². The van der Waals surface area contributed by atoms with Crippen LogP contribution < -0.4 is 9.64 Å². The molecule has 0 unspecified atom stereocenters. The van der Waals surface area contributed by atoms with Crippen LogP contribution in [-0.2, 0) is 16.0 Å². The maximum atomic E-state index is 12.8. The van der Waals surface area contributed by atoms with Crippen molar-refractivity contribution in [2.75, 3.05) is 44.7 Å². The van der Waals surface area contributed by atoms with Gasteiger partial charge in [0.05, 0.1) is 24.2 Å². The summed E-state index contributed by atoms with van der Waals surface area (Å²) >= 11 is 6.70. The Kier molecular flexibility index (Phi) is 11.6. The van der Waals surface area contributed by atoms with Crippen molar-refractivity contribution in [3.63, 3.8) is 0 Å². The molecule has 1 aliphatic carbocycles. The van der Waals surface area contributed by atoms with E-state index in [4.69, 9.17) is 36.2 Å². The Bertz CT molecular complexity index is 1840. The number of benzene rings is 2. The molecule has 10 nitrogen and oxygen atoms in total. The highest BCUT2D eigenvalue weighted by Crippen LogP contribution is 2.39. The van der Waals surface area contributed by atoms with Gasteiger partial charge in [-0.2, -0.15) is 28.4 Å². The van der Waals surface area contributed by atoms with Crippen LogP contribution in [-0.4, -0.2) is 94.8 Å². The molecule has 2 aliphatic heterocycles. The van der Waals surface area contributed by atoms with Crippen LogP contribution in [0.1, 0.15) is 49.4 Å². The third kappa shape index (κ3) is 8.37. The number of nitriles is 1. The third-order valence-electron chi connectivity index (χ3n) is 9.17. The lowest BCUT2D eigenvalue weighted by atomic mass is 9.88. The number of carbonyl (C=O) groups excluding carboxylic acids is 1. The molecule has 1 N–H and O–H groups in total. The van der Waals surface area contributed by atoms with Gasteiger partial charge in [0, 0.05) is 41.6 Å². The van der Waals surface area contributed by atoms with Crippen LogP contribution >= 0.6 is 11.6 Å². The normalized spacial score (nSPS) is 19.4. The quantitative estimate of drug-likeness (QED) is 0.278. The summed E-state index contributed by atoms with van der Waals surface area (Å²) in [4.78, 5) is 38.0. The molecule has 2 fully saturated rings. The predicted octanol–water partition coefficient (Wildman–Crippen LogP) is 6.38. The van der Waals surface area contributed by atoms with Gasteiger partial charge in [-0.1, -0.05) is 48.0 Å². The Morgan fingerprint density at radius 2 is 1.86 bits per heavy atom. The van der Waals surface area contributed by atoms with E-state index in [-0.39, 0.29) is 18.4 Å². The number of amides is 1. The van der Waals surface area contributed by atoms with Gasteiger partial charge in [0.15, 0.2) is 0 Å². The van der Waals surface area contributed by atoms with Crippen molar-refractivity contribution < 1.29 is 32.6 Å². The van der Waals surface area contributed by atoms with Gasteiger partial charge in [0.2, 0.25) is 5.91 Å². The molecule has 50 heavy (non-hydrogen) atoms. The SMILES string of the molecule is C/C=C/C(=O)N1CCN(c2nc(OC[C@@H]3CCCN3C)nc3c2CCC(c2cccc4cccc(Cl)c24)=C3)C[C@@H]1CC#N.O=C(O)C(F)(F)F. The molecule has 6 rings (SSSR count). The van der Waals surface area contributed by atoms with Crippen molar-refractivity contribution >= 4 is 51.7 Å². The second kappa shape index (κ2) is 15.9. The van der Waals surface area contributed by atoms with Gasteiger partial charge < -0.3 is 24.5 Å². The summed E-state index contributed by atoms with van der Waals surface area (Å²) in [5.41, 5.74) is 4.23. The maximum absolute atomic E-state index is 12.8. The second-order valence-electron chi connectivity index (χ2n) is 12.4. The Balaban J connectivity index is 0.000000630. The molecule has 0 saturated carbocycles. The highest BCUT2D eigenvalue weighted by atomic mass is 35.5. The van der Waals surface area contributed by atoms with E-state index < -0.39 is 12.1 Å². The fraction of sp³-hybridized carbons (Fsp3) is 0.417. The van der Waals surface area contributed by atoms with Crippen molar-refractivity contribution in [2.24, 2.45) is 0 Å². The van der Waals surface area contributed by atoms with E-state index in [0.29, 0.717) is 38.3 Å². The van der Waals surface area contributed by atoms with Gasteiger partial charge in [0.1, 0.15) is 12.4 Å².